The number of allylic oxidation sites excluding steroid dienone is 8. The standard InChI is InChI=1S/C66H56N2O/c1-4-46-21-14-15-28-55(46)54-31-20-34-61(45(54)2)68(51-26-12-7-13-27-51)53-40-42-60-65-64(57-30-16-18-32-59(57)66(60,3)44-53)58-41-37-49(43-63(58)69-65)47-35-38-52(39-36-47)67(50-24-10-6-11-25-50)62-33-19-17-29-56(62)48-22-8-5-9-23-48/h5,7-10,12-17,19-31,33-44,59H,4,6,11,18,32H2,1-3H3. The lowest BCUT2D eigenvalue weighted by atomic mass is 9.61. The van der Waals surface area contributed by atoms with E-state index in [0.717, 1.165) is 65.6 Å². The van der Waals surface area contributed by atoms with Crippen LogP contribution in [0.15, 0.2) is 234 Å². The second-order valence-electron chi connectivity index (χ2n) is 19.1. The van der Waals surface area contributed by atoms with E-state index in [1.165, 1.54) is 77.9 Å². The fourth-order valence-corrected chi connectivity index (χ4v) is 11.7. The summed E-state index contributed by atoms with van der Waals surface area (Å²) in [6, 6.07) is 61.9. The van der Waals surface area contributed by atoms with Crippen molar-refractivity contribution >= 4 is 44.9 Å². The van der Waals surface area contributed by atoms with Gasteiger partial charge in [-0.3, -0.25) is 0 Å². The summed E-state index contributed by atoms with van der Waals surface area (Å²) in [5.74, 6) is 0.295. The lowest BCUT2D eigenvalue weighted by Crippen LogP contribution is -2.44. The van der Waals surface area contributed by atoms with Crippen molar-refractivity contribution in [1.29, 1.82) is 0 Å². The first kappa shape index (κ1) is 42.5. The normalized spacial score (nSPS) is 18.0. The van der Waals surface area contributed by atoms with E-state index in [1.807, 2.05) is 0 Å². The summed E-state index contributed by atoms with van der Waals surface area (Å²) in [6.07, 6.45) is 24.1. The Morgan fingerprint density at radius 3 is 2.04 bits per heavy atom. The molecule has 3 nitrogen and oxygen atoms in total. The van der Waals surface area contributed by atoms with Gasteiger partial charge in [0.1, 0.15) is 11.0 Å². The maximum atomic E-state index is 7.15. The van der Waals surface area contributed by atoms with E-state index in [-0.39, 0.29) is 5.41 Å². The molecule has 12 rings (SSSR count). The molecule has 0 bridgehead atoms. The van der Waals surface area contributed by atoms with Crippen molar-refractivity contribution in [3.05, 3.63) is 252 Å². The first-order valence-corrected chi connectivity index (χ1v) is 24.8. The molecule has 0 radical (unpaired) electrons. The minimum atomic E-state index is -0.301. The number of furan rings is 1. The lowest BCUT2D eigenvalue weighted by molar-refractivity contribution is 0.377. The Kier molecular flexibility index (Phi) is 10.9. The van der Waals surface area contributed by atoms with Crippen molar-refractivity contribution < 1.29 is 4.42 Å². The minimum absolute atomic E-state index is 0.295. The van der Waals surface area contributed by atoms with Gasteiger partial charge in [-0.05, 0) is 156 Å². The summed E-state index contributed by atoms with van der Waals surface area (Å²) in [7, 11) is 0. The fourth-order valence-electron chi connectivity index (χ4n) is 11.7. The second-order valence-corrected chi connectivity index (χ2v) is 19.1. The first-order chi connectivity index (χ1) is 34.0. The van der Waals surface area contributed by atoms with E-state index in [4.69, 9.17) is 4.42 Å². The van der Waals surface area contributed by atoms with E-state index in [2.05, 4.69) is 249 Å². The summed E-state index contributed by atoms with van der Waals surface area (Å²) in [6.45, 7) is 6.98. The Balaban J connectivity index is 0.946. The number of benzene rings is 7. The number of aryl methyl sites for hydroxylation is 1. The molecule has 0 saturated heterocycles. The van der Waals surface area contributed by atoms with Crippen LogP contribution in [0.4, 0.5) is 22.7 Å². The summed E-state index contributed by atoms with van der Waals surface area (Å²) in [5.41, 5.74) is 21.2. The van der Waals surface area contributed by atoms with Gasteiger partial charge in [-0.1, -0.05) is 166 Å². The molecular weight excluding hydrogens is 837 g/mol. The largest absolute Gasteiger partial charge is 0.456 e. The molecule has 69 heavy (non-hydrogen) atoms. The molecule has 4 aliphatic rings. The van der Waals surface area contributed by atoms with Crippen LogP contribution in [-0.2, 0) is 6.42 Å². The van der Waals surface area contributed by atoms with Gasteiger partial charge >= 0.3 is 0 Å². The number of rotatable bonds is 10. The monoisotopic (exact) mass is 892 g/mol. The smallest absolute Gasteiger partial charge is 0.139 e. The molecule has 2 atom stereocenters. The van der Waals surface area contributed by atoms with Gasteiger partial charge in [0.2, 0.25) is 0 Å². The van der Waals surface area contributed by atoms with Crippen LogP contribution in [0.3, 0.4) is 0 Å². The topological polar surface area (TPSA) is 19.6 Å². The van der Waals surface area contributed by atoms with E-state index in [9.17, 15) is 0 Å². The summed E-state index contributed by atoms with van der Waals surface area (Å²) < 4.78 is 7.15. The highest BCUT2D eigenvalue weighted by molar-refractivity contribution is 5.92. The molecule has 3 heteroatoms. The number of hydrogen-bond acceptors (Lipinski definition) is 3. The van der Waals surface area contributed by atoms with Gasteiger partial charge in [0.05, 0.1) is 5.69 Å². The summed E-state index contributed by atoms with van der Waals surface area (Å²) in [5, 5.41) is 2.43. The summed E-state index contributed by atoms with van der Waals surface area (Å²) >= 11 is 0. The molecule has 1 heterocycles. The first-order valence-electron chi connectivity index (χ1n) is 24.8. The van der Waals surface area contributed by atoms with E-state index >= 15 is 0 Å². The number of anilines is 4. The quantitative estimate of drug-likeness (QED) is 0.136. The van der Waals surface area contributed by atoms with E-state index in [0.29, 0.717) is 5.92 Å². The minimum Gasteiger partial charge on any atom is -0.456 e. The van der Waals surface area contributed by atoms with Crippen molar-refractivity contribution in [2.24, 2.45) is 11.3 Å². The van der Waals surface area contributed by atoms with Gasteiger partial charge in [0, 0.05) is 55.6 Å². The maximum Gasteiger partial charge on any atom is 0.139 e. The lowest BCUT2D eigenvalue weighted by Gasteiger charge is -2.43. The van der Waals surface area contributed by atoms with Crippen LogP contribution in [0.1, 0.15) is 50.7 Å². The van der Waals surface area contributed by atoms with Crippen LogP contribution in [-0.4, -0.2) is 0 Å². The van der Waals surface area contributed by atoms with Crippen LogP contribution in [0.25, 0.3) is 55.5 Å². The van der Waals surface area contributed by atoms with Crippen LogP contribution in [0.2, 0.25) is 0 Å². The molecule has 2 unspecified atom stereocenters. The molecule has 0 aliphatic heterocycles. The Morgan fingerprint density at radius 2 is 1.25 bits per heavy atom. The Hall–Kier alpha value is -7.88. The van der Waals surface area contributed by atoms with Crippen molar-refractivity contribution in [2.45, 2.75) is 52.9 Å². The highest BCUT2D eigenvalue weighted by Crippen LogP contribution is 2.52. The highest BCUT2D eigenvalue weighted by Gasteiger charge is 2.44. The van der Waals surface area contributed by atoms with Crippen molar-refractivity contribution in [2.75, 3.05) is 9.80 Å². The zero-order valence-electron chi connectivity index (χ0n) is 39.7. The molecule has 7 aromatic carbocycles. The third-order valence-corrected chi connectivity index (χ3v) is 15.1. The average Bonchev–Trinajstić information content (AvgIpc) is 3.79. The van der Waals surface area contributed by atoms with Gasteiger partial charge in [-0.25, -0.2) is 0 Å². The Bertz CT molecular complexity index is 3570. The number of fused-ring (bicyclic) bond motifs is 6. The molecule has 0 fully saturated rings. The predicted octanol–water partition coefficient (Wildman–Crippen LogP) is 16.3. The molecule has 0 N–H and O–H groups in total. The molecule has 1 aromatic heterocycles. The van der Waals surface area contributed by atoms with E-state index in [1.54, 1.807) is 0 Å². The van der Waals surface area contributed by atoms with Crippen LogP contribution >= 0.6 is 0 Å². The predicted molar refractivity (Wildman–Crippen MR) is 290 cm³/mol. The molecule has 8 aromatic rings. The molecule has 0 spiro atoms. The van der Waals surface area contributed by atoms with Crippen LogP contribution in [0, 0.1) is 18.3 Å². The van der Waals surface area contributed by atoms with Crippen molar-refractivity contribution in [3.8, 4) is 33.4 Å². The summed E-state index contributed by atoms with van der Waals surface area (Å²) in [4.78, 5) is 4.88. The molecule has 4 aliphatic carbocycles. The average molecular weight is 893 g/mol. The Labute approximate surface area is 406 Å². The fraction of sp³-hybridized carbons (Fsp3) is 0.152. The van der Waals surface area contributed by atoms with Crippen LogP contribution in [0.5, 0.6) is 0 Å². The third-order valence-electron chi connectivity index (χ3n) is 15.1. The molecular formula is C66H56N2O. The zero-order chi connectivity index (χ0) is 46.5. The zero-order valence-corrected chi connectivity index (χ0v) is 39.7. The Morgan fingerprint density at radius 1 is 0.565 bits per heavy atom. The highest BCUT2D eigenvalue weighted by atomic mass is 16.3. The number of para-hydroxylation sites is 2. The molecule has 0 amide bonds. The van der Waals surface area contributed by atoms with E-state index < -0.39 is 0 Å². The molecule has 0 saturated carbocycles. The van der Waals surface area contributed by atoms with Gasteiger partial charge < -0.3 is 14.2 Å². The number of hydrogen-bond donors (Lipinski definition) is 0. The van der Waals surface area contributed by atoms with Gasteiger partial charge in [0.25, 0.3) is 0 Å². The molecule has 336 valence electrons. The van der Waals surface area contributed by atoms with Gasteiger partial charge in [0.15, 0.2) is 0 Å². The third kappa shape index (κ3) is 7.36. The maximum absolute atomic E-state index is 7.15. The SMILES string of the molecule is CCc1ccccc1-c1cccc(N(C2=CC3(C)C(=c4oc5cc(-c6ccc(N(C7=CCCC=C7)c7ccccc7-c7ccccc7)cc6)ccc5c4=C4C=CCCC43)C=C2)c2ccccc2)c1C. The number of nitrogens with zero attached hydrogens (tertiary/aromatic N) is 2. The van der Waals surface area contributed by atoms with Gasteiger partial charge in [-0.15, -0.1) is 0 Å². The van der Waals surface area contributed by atoms with Crippen LogP contribution < -0.4 is 20.4 Å². The van der Waals surface area contributed by atoms with Crippen molar-refractivity contribution in [1.82, 2.24) is 0 Å². The van der Waals surface area contributed by atoms with Gasteiger partial charge in [-0.2, -0.15) is 0 Å². The second kappa shape index (κ2) is 17.6. The van der Waals surface area contributed by atoms with Crippen molar-refractivity contribution in [3.63, 3.8) is 0 Å².